The molecule has 1 aromatic carbocycles. The number of para-hydroxylation sites is 1. The number of carbonyl (C=O) groups excluding carboxylic acids is 1. The fourth-order valence-electron chi connectivity index (χ4n) is 2.64. The zero-order valence-electron chi connectivity index (χ0n) is 19.8. The van der Waals surface area contributed by atoms with E-state index in [1.54, 1.807) is 6.92 Å². The Balaban J connectivity index is 0.000000956. The molecule has 1 amide bonds. The first kappa shape index (κ1) is 32.3. The van der Waals surface area contributed by atoms with Crippen LogP contribution in [0.4, 0.5) is 24.5 Å². The highest BCUT2D eigenvalue weighted by Crippen LogP contribution is 2.25. The van der Waals surface area contributed by atoms with Gasteiger partial charge in [-0.2, -0.15) is 13.2 Å². The topological polar surface area (TPSA) is 260 Å². The maximum absolute atomic E-state index is 12.8. The average molecular weight is 581 g/mol. The van der Waals surface area contributed by atoms with Gasteiger partial charge in [-0.15, -0.1) is 0 Å². The number of amides is 1. The van der Waals surface area contributed by atoms with Crippen molar-refractivity contribution in [1.29, 1.82) is 5.41 Å². The van der Waals surface area contributed by atoms with Gasteiger partial charge in [-0.05, 0) is 24.6 Å². The van der Waals surface area contributed by atoms with Gasteiger partial charge >= 0.3 is 12.1 Å². The molecule has 0 atom stereocenters. The standard InChI is InChI=1S/C17H21N7O7S.C2HF3O2/c1-10-8-11(9-14(25)20-6-7-31-22-17(18)19)15(16(26)21-10)23-32(29,30)13-5-3-2-4-12(13)24(27)28;3-2(4,5)1(6)7/h2-5,8,23H,6-7,9H2,1H3,(H,20,25)(H,21,26)(H4,18,19,22);(H,6,7). The second-order valence-electron chi connectivity index (χ2n) is 7.21. The number of guanidine groups is 1. The molecular formula is C19H22F3N7O9S. The van der Waals surface area contributed by atoms with Crippen molar-refractivity contribution in [2.24, 2.45) is 5.73 Å². The Morgan fingerprint density at radius 1 is 1.28 bits per heavy atom. The number of aromatic amines is 1. The number of H-pyrrole nitrogens is 1. The van der Waals surface area contributed by atoms with Crippen LogP contribution >= 0.6 is 0 Å². The number of nitro benzene ring substituents is 1. The summed E-state index contributed by atoms with van der Waals surface area (Å²) in [6.45, 7) is 1.57. The number of nitrogens with two attached hydrogens (primary N) is 1. The number of nitrogens with zero attached hydrogens (tertiary/aromatic N) is 1. The molecular weight excluding hydrogens is 559 g/mol. The third-order valence-electron chi connectivity index (χ3n) is 4.14. The number of nitro groups is 1. The van der Waals surface area contributed by atoms with Crippen LogP contribution in [0, 0.1) is 22.4 Å². The lowest BCUT2D eigenvalue weighted by Crippen LogP contribution is -2.35. The molecule has 39 heavy (non-hydrogen) atoms. The number of aromatic nitrogens is 1. The molecule has 0 fully saturated rings. The third-order valence-corrected chi connectivity index (χ3v) is 5.54. The zero-order valence-corrected chi connectivity index (χ0v) is 20.6. The number of halogens is 3. The summed E-state index contributed by atoms with van der Waals surface area (Å²) in [5, 5.41) is 27.7. The number of sulfonamides is 1. The van der Waals surface area contributed by atoms with Crippen LogP contribution in [0.3, 0.4) is 0 Å². The largest absolute Gasteiger partial charge is 0.490 e. The van der Waals surface area contributed by atoms with Gasteiger partial charge in [0.1, 0.15) is 5.69 Å². The van der Waals surface area contributed by atoms with Crippen LogP contribution in [0.25, 0.3) is 0 Å². The maximum Gasteiger partial charge on any atom is 0.490 e. The highest BCUT2D eigenvalue weighted by molar-refractivity contribution is 7.92. The van der Waals surface area contributed by atoms with Gasteiger partial charge < -0.3 is 21.1 Å². The second kappa shape index (κ2) is 13.7. The summed E-state index contributed by atoms with van der Waals surface area (Å²) in [5.74, 6) is -3.72. The van der Waals surface area contributed by atoms with Crippen LogP contribution in [0.15, 0.2) is 40.0 Å². The number of hydrogen-bond donors (Lipinski definition) is 7. The van der Waals surface area contributed by atoms with Crippen molar-refractivity contribution >= 4 is 39.2 Å². The lowest BCUT2D eigenvalue weighted by Gasteiger charge is -2.13. The molecule has 214 valence electrons. The molecule has 0 spiro atoms. The van der Waals surface area contributed by atoms with Gasteiger partial charge in [0.15, 0.2) is 4.90 Å². The normalized spacial score (nSPS) is 11.0. The predicted octanol–water partition coefficient (Wildman–Crippen LogP) is 0.0990. The number of pyridine rings is 1. The van der Waals surface area contributed by atoms with E-state index in [0.717, 1.165) is 12.1 Å². The van der Waals surface area contributed by atoms with Crippen LogP contribution in [0.5, 0.6) is 0 Å². The van der Waals surface area contributed by atoms with E-state index in [9.17, 15) is 41.3 Å². The maximum atomic E-state index is 12.8. The molecule has 2 aromatic rings. The third kappa shape index (κ3) is 10.7. The molecule has 0 bridgehead atoms. The Morgan fingerprint density at radius 3 is 2.41 bits per heavy atom. The van der Waals surface area contributed by atoms with Crippen LogP contribution in [-0.2, 0) is 30.9 Å². The number of alkyl halides is 3. The number of hydroxylamine groups is 1. The SMILES string of the molecule is Cc1cc(CC(=O)NCCONC(=N)N)c(NS(=O)(=O)c2ccccc2[N+](=O)[O-])c(=O)[nH]1.O=C(O)C(F)(F)F. The molecule has 0 aliphatic heterocycles. The van der Waals surface area contributed by atoms with Crippen molar-refractivity contribution in [3.8, 4) is 0 Å². The molecule has 0 saturated carbocycles. The Kier molecular flexibility index (Phi) is 11.4. The van der Waals surface area contributed by atoms with Gasteiger partial charge in [0.25, 0.3) is 21.3 Å². The molecule has 0 aliphatic rings. The number of carboxylic acids is 1. The number of carbonyl (C=O) groups is 2. The van der Waals surface area contributed by atoms with Crippen molar-refractivity contribution in [2.45, 2.75) is 24.4 Å². The second-order valence-corrected chi connectivity index (χ2v) is 8.86. The van der Waals surface area contributed by atoms with Crippen molar-refractivity contribution in [3.05, 3.63) is 62.1 Å². The van der Waals surface area contributed by atoms with Crippen LogP contribution in [0.2, 0.25) is 0 Å². The summed E-state index contributed by atoms with van der Waals surface area (Å²) in [6, 6.07) is 6.07. The Labute approximate surface area is 217 Å². The highest BCUT2D eigenvalue weighted by atomic mass is 32.2. The Hall–Kier alpha value is -4.72. The van der Waals surface area contributed by atoms with Gasteiger partial charge in [-0.1, -0.05) is 12.1 Å². The molecule has 8 N–H and O–H groups in total. The van der Waals surface area contributed by atoms with E-state index in [-0.39, 0.29) is 25.1 Å². The van der Waals surface area contributed by atoms with Gasteiger partial charge in [-0.25, -0.2) is 18.7 Å². The number of benzene rings is 1. The summed E-state index contributed by atoms with van der Waals surface area (Å²) >= 11 is 0. The molecule has 16 nitrogen and oxygen atoms in total. The van der Waals surface area contributed by atoms with Crippen molar-refractivity contribution < 1.29 is 46.0 Å². The van der Waals surface area contributed by atoms with E-state index >= 15 is 0 Å². The zero-order chi connectivity index (χ0) is 30.0. The number of rotatable bonds is 10. The molecule has 1 aromatic heterocycles. The van der Waals surface area contributed by atoms with E-state index in [0.29, 0.717) is 5.69 Å². The molecule has 1 heterocycles. The summed E-state index contributed by atoms with van der Waals surface area (Å²) in [7, 11) is -4.52. The lowest BCUT2D eigenvalue weighted by atomic mass is 10.1. The fourth-order valence-corrected chi connectivity index (χ4v) is 3.92. The van der Waals surface area contributed by atoms with E-state index < -0.39 is 60.8 Å². The van der Waals surface area contributed by atoms with Gasteiger partial charge in [0.05, 0.1) is 18.0 Å². The monoisotopic (exact) mass is 581 g/mol. The van der Waals surface area contributed by atoms with Crippen LogP contribution in [0.1, 0.15) is 11.3 Å². The number of aryl methyl sites for hydroxylation is 1. The summed E-state index contributed by atoms with van der Waals surface area (Å²) in [5.41, 5.74) is 5.65. The predicted molar refractivity (Wildman–Crippen MR) is 127 cm³/mol. The number of nitrogens with one attached hydrogen (secondary N) is 5. The minimum absolute atomic E-state index is 0.0170. The molecule has 0 aliphatic carbocycles. The van der Waals surface area contributed by atoms with Gasteiger partial charge in [-0.3, -0.25) is 34.7 Å². The van der Waals surface area contributed by atoms with Gasteiger partial charge in [0.2, 0.25) is 11.9 Å². The fraction of sp³-hybridized carbons (Fsp3) is 0.263. The molecule has 20 heteroatoms. The summed E-state index contributed by atoms with van der Waals surface area (Å²) in [4.78, 5) is 50.5. The van der Waals surface area contributed by atoms with Crippen LogP contribution in [-0.4, -0.2) is 60.6 Å². The molecule has 0 unspecified atom stereocenters. The van der Waals surface area contributed by atoms with Crippen LogP contribution < -0.4 is 26.8 Å². The van der Waals surface area contributed by atoms with Crippen molar-refractivity contribution in [1.82, 2.24) is 15.8 Å². The van der Waals surface area contributed by atoms with E-state index in [4.69, 9.17) is 25.9 Å². The first-order valence-corrected chi connectivity index (χ1v) is 11.7. The van der Waals surface area contributed by atoms with Gasteiger partial charge in [0, 0.05) is 18.3 Å². The number of aliphatic carboxylic acids is 1. The lowest BCUT2D eigenvalue weighted by molar-refractivity contribution is -0.387. The smallest absolute Gasteiger partial charge is 0.475 e. The number of hydrogen-bond acceptors (Lipinski definition) is 9. The summed E-state index contributed by atoms with van der Waals surface area (Å²) < 4.78 is 59.4. The Bertz CT molecular complexity index is 1400. The molecule has 2 rings (SSSR count). The highest BCUT2D eigenvalue weighted by Gasteiger charge is 2.38. The summed E-state index contributed by atoms with van der Waals surface area (Å²) in [6.07, 6.45) is -5.44. The Morgan fingerprint density at radius 2 is 1.87 bits per heavy atom. The van der Waals surface area contributed by atoms with Crippen molar-refractivity contribution in [3.63, 3.8) is 0 Å². The first-order valence-electron chi connectivity index (χ1n) is 10.2. The number of anilines is 1. The molecule has 0 saturated heterocycles. The van der Waals surface area contributed by atoms with E-state index in [1.165, 1.54) is 18.2 Å². The van der Waals surface area contributed by atoms with E-state index in [2.05, 4.69) is 20.5 Å². The van der Waals surface area contributed by atoms with E-state index in [1.807, 2.05) is 0 Å². The number of carboxylic acid groups (broad SMARTS) is 1. The first-order chi connectivity index (χ1) is 18.0. The average Bonchev–Trinajstić information content (AvgIpc) is 2.80. The molecule has 0 radical (unpaired) electrons. The minimum atomic E-state index is -5.08. The minimum Gasteiger partial charge on any atom is -0.475 e. The quantitative estimate of drug-likeness (QED) is 0.0650. The van der Waals surface area contributed by atoms with Crippen molar-refractivity contribution in [2.75, 3.05) is 17.9 Å².